The smallest absolute Gasteiger partial charge is 0.105 e. The van der Waals surface area contributed by atoms with Crippen molar-refractivity contribution in [1.82, 2.24) is 5.32 Å². The van der Waals surface area contributed by atoms with Crippen LogP contribution in [-0.4, -0.2) is 6.04 Å². The Morgan fingerprint density at radius 1 is 1.10 bits per heavy atom. The average Bonchev–Trinajstić information content (AvgIpc) is 2.88. The maximum Gasteiger partial charge on any atom is 0.105 e. The zero-order valence-electron chi connectivity index (χ0n) is 11.3. The Hall–Kier alpha value is -0.670. The highest BCUT2D eigenvalue weighted by Crippen LogP contribution is 2.35. The third-order valence-corrected chi connectivity index (χ3v) is 4.46. The van der Waals surface area contributed by atoms with Gasteiger partial charge in [0, 0.05) is 18.5 Å². The first kappa shape index (κ1) is 15.7. The molecule has 0 aliphatic carbocycles. The normalized spacial score (nSPS) is 14.2. The Balaban J connectivity index is 2.04. The van der Waals surface area contributed by atoms with Crippen LogP contribution >= 0.6 is 34.8 Å². The van der Waals surface area contributed by atoms with Crippen LogP contribution in [0.4, 0.5) is 0 Å². The Morgan fingerprint density at radius 2 is 1.85 bits per heavy atom. The van der Waals surface area contributed by atoms with Crippen LogP contribution in [0.15, 0.2) is 34.9 Å². The van der Waals surface area contributed by atoms with Gasteiger partial charge in [-0.3, -0.25) is 0 Å². The summed E-state index contributed by atoms with van der Waals surface area (Å²) in [5.41, 5.74) is 0.937. The molecule has 2 rings (SSSR count). The van der Waals surface area contributed by atoms with Gasteiger partial charge in [0.15, 0.2) is 0 Å². The Morgan fingerprint density at radius 3 is 2.50 bits per heavy atom. The van der Waals surface area contributed by atoms with Crippen LogP contribution in [0.2, 0.25) is 15.1 Å². The molecule has 0 aliphatic heterocycles. The third-order valence-electron chi connectivity index (χ3n) is 3.15. The standard InChI is InChI=1S/C15H16Cl3NO/c1-9(8-11-4-3-7-20-11)19-10(2)12-5-6-13(16)15(18)14(12)17/h3-7,9-10,19H,8H2,1-2H3. The first-order valence-electron chi connectivity index (χ1n) is 6.41. The summed E-state index contributed by atoms with van der Waals surface area (Å²) < 4.78 is 5.35. The van der Waals surface area contributed by atoms with Gasteiger partial charge < -0.3 is 9.73 Å². The van der Waals surface area contributed by atoms with E-state index in [-0.39, 0.29) is 12.1 Å². The molecule has 0 aliphatic rings. The number of furan rings is 1. The highest BCUT2D eigenvalue weighted by Gasteiger charge is 2.16. The molecule has 2 aromatic rings. The van der Waals surface area contributed by atoms with Crippen molar-refractivity contribution in [2.75, 3.05) is 0 Å². The zero-order valence-corrected chi connectivity index (χ0v) is 13.6. The number of rotatable bonds is 5. The summed E-state index contributed by atoms with van der Waals surface area (Å²) in [4.78, 5) is 0. The van der Waals surface area contributed by atoms with Gasteiger partial charge in [0.2, 0.25) is 0 Å². The molecule has 0 amide bonds. The van der Waals surface area contributed by atoms with Gasteiger partial charge in [-0.05, 0) is 37.6 Å². The molecule has 2 unspecified atom stereocenters. The molecular formula is C15H16Cl3NO. The molecule has 20 heavy (non-hydrogen) atoms. The van der Waals surface area contributed by atoms with E-state index in [9.17, 15) is 0 Å². The average molecular weight is 333 g/mol. The molecule has 0 saturated carbocycles. The van der Waals surface area contributed by atoms with Gasteiger partial charge in [0.25, 0.3) is 0 Å². The Labute approximate surface area is 134 Å². The molecule has 5 heteroatoms. The van der Waals surface area contributed by atoms with Crippen molar-refractivity contribution in [2.24, 2.45) is 0 Å². The van der Waals surface area contributed by atoms with E-state index in [1.807, 2.05) is 25.1 Å². The lowest BCUT2D eigenvalue weighted by Gasteiger charge is -2.21. The molecule has 1 heterocycles. The van der Waals surface area contributed by atoms with Crippen LogP contribution in [0.1, 0.15) is 31.2 Å². The van der Waals surface area contributed by atoms with Gasteiger partial charge in [0.05, 0.1) is 21.3 Å². The summed E-state index contributed by atoms with van der Waals surface area (Å²) in [7, 11) is 0. The van der Waals surface area contributed by atoms with Gasteiger partial charge in [-0.25, -0.2) is 0 Å². The highest BCUT2D eigenvalue weighted by molar-refractivity contribution is 6.48. The molecule has 0 spiro atoms. The monoisotopic (exact) mass is 331 g/mol. The van der Waals surface area contributed by atoms with Gasteiger partial charge in [-0.1, -0.05) is 40.9 Å². The van der Waals surface area contributed by atoms with Crippen LogP contribution in [0.3, 0.4) is 0 Å². The topological polar surface area (TPSA) is 25.2 Å². The van der Waals surface area contributed by atoms with Crippen molar-refractivity contribution in [3.63, 3.8) is 0 Å². The maximum absolute atomic E-state index is 6.24. The fourth-order valence-electron chi connectivity index (χ4n) is 2.18. The Bertz CT molecular complexity index is 569. The molecule has 1 N–H and O–H groups in total. The molecule has 1 aromatic heterocycles. The predicted octanol–water partition coefficient (Wildman–Crippen LogP) is 5.52. The van der Waals surface area contributed by atoms with E-state index in [1.165, 1.54) is 0 Å². The van der Waals surface area contributed by atoms with Crippen LogP contribution < -0.4 is 5.32 Å². The van der Waals surface area contributed by atoms with E-state index >= 15 is 0 Å². The Kier molecular flexibility index (Phi) is 5.39. The summed E-state index contributed by atoms with van der Waals surface area (Å²) in [6.45, 7) is 4.15. The van der Waals surface area contributed by atoms with Crippen molar-refractivity contribution < 1.29 is 4.42 Å². The maximum atomic E-state index is 6.24. The van der Waals surface area contributed by atoms with Gasteiger partial charge >= 0.3 is 0 Å². The molecule has 2 nitrogen and oxygen atoms in total. The molecule has 0 radical (unpaired) electrons. The minimum absolute atomic E-state index is 0.0715. The second kappa shape index (κ2) is 6.86. The van der Waals surface area contributed by atoms with Gasteiger partial charge in [-0.15, -0.1) is 0 Å². The number of nitrogens with one attached hydrogen (secondary N) is 1. The van der Waals surface area contributed by atoms with Gasteiger partial charge in [-0.2, -0.15) is 0 Å². The number of benzene rings is 1. The van der Waals surface area contributed by atoms with Crippen LogP contribution in [0.25, 0.3) is 0 Å². The largest absolute Gasteiger partial charge is 0.469 e. The van der Waals surface area contributed by atoms with E-state index < -0.39 is 0 Å². The summed E-state index contributed by atoms with van der Waals surface area (Å²) in [6, 6.07) is 7.84. The van der Waals surface area contributed by atoms with Crippen LogP contribution in [-0.2, 0) is 6.42 Å². The number of hydrogen-bond donors (Lipinski definition) is 1. The van der Waals surface area contributed by atoms with Crippen molar-refractivity contribution in [3.05, 3.63) is 56.9 Å². The lowest BCUT2D eigenvalue weighted by Crippen LogP contribution is -2.30. The van der Waals surface area contributed by atoms with E-state index in [1.54, 1.807) is 12.3 Å². The van der Waals surface area contributed by atoms with Crippen molar-refractivity contribution >= 4 is 34.8 Å². The molecule has 2 atom stereocenters. The van der Waals surface area contributed by atoms with Crippen LogP contribution in [0.5, 0.6) is 0 Å². The van der Waals surface area contributed by atoms with Gasteiger partial charge in [0.1, 0.15) is 5.76 Å². The molecular weight excluding hydrogens is 317 g/mol. The molecule has 0 bridgehead atoms. The second-order valence-electron chi connectivity index (χ2n) is 4.84. The summed E-state index contributed by atoms with van der Waals surface area (Å²) in [6.07, 6.45) is 2.50. The fourth-order valence-corrected chi connectivity index (χ4v) is 2.89. The third kappa shape index (κ3) is 3.70. The van der Waals surface area contributed by atoms with E-state index in [4.69, 9.17) is 39.2 Å². The lowest BCUT2D eigenvalue weighted by atomic mass is 10.1. The quantitative estimate of drug-likeness (QED) is 0.729. The van der Waals surface area contributed by atoms with E-state index in [2.05, 4.69) is 12.2 Å². The van der Waals surface area contributed by atoms with Crippen molar-refractivity contribution in [2.45, 2.75) is 32.4 Å². The molecule has 108 valence electrons. The summed E-state index contributed by atoms with van der Waals surface area (Å²) in [5, 5.41) is 4.85. The molecule has 1 aromatic carbocycles. The fraction of sp³-hybridized carbons (Fsp3) is 0.333. The summed E-state index contributed by atoms with van der Waals surface area (Å²) >= 11 is 18.3. The van der Waals surface area contributed by atoms with Crippen molar-refractivity contribution in [1.29, 1.82) is 0 Å². The minimum Gasteiger partial charge on any atom is -0.469 e. The SMILES string of the molecule is CC(Cc1ccco1)NC(C)c1ccc(Cl)c(Cl)c1Cl. The summed E-state index contributed by atoms with van der Waals surface area (Å²) in [5.74, 6) is 0.956. The zero-order chi connectivity index (χ0) is 14.7. The predicted molar refractivity (Wildman–Crippen MR) is 84.9 cm³/mol. The highest BCUT2D eigenvalue weighted by atomic mass is 35.5. The molecule has 0 fully saturated rings. The lowest BCUT2D eigenvalue weighted by molar-refractivity contribution is 0.429. The second-order valence-corrected chi connectivity index (χ2v) is 6.00. The van der Waals surface area contributed by atoms with E-state index in [0.717, 1.165) is 17.7 Å². The number of halogens is 3. The number of hydrogen-bond acceptors (Lipinski definition) is 2. The van der Waals surface area contributed by atoms with E-state index in [0.29, 0.717) is 15.1 Å². The minimum atomic E-state index is 0.0715. The van der Waals surface area contributed by atoms with Crippen LogP contribution in [0, 0.1) is 0 Å². The molecule has 0 saturated heterocycles. The first-order chi connectivity index (χ1) is 9.49. The first-order valence-corrected chi connectivity index (χ1v) is 7.54. The van der Waals surface area contributed by atoms with Crippen molar-refractivity contribution in [3.8, 4) is 0 Å².